The molecule has 0 radical (unpaired) electrons. The molecule has 29 heavy (non-hydrogen) atoms. The number of carbonyl (C=O) groups excluding carboxylic acids is 2. The molecule has 2 aromatic carbocycles. The average Bonchev–Trinajstić information content (AvgIpc) is 3.15. The third-order valence-electron chi connectivity index (χ3n) is 3.71. The number of non-ortho nitro benzene ring substituents is 1. The number of carbonyl (C=O) groups is 2. The standard InChI is InChI=1S/C18H14BrN5O4S/c1-10(25)20-12-4-2-3-11(7-12)17-21-18(23-22-17)29-9-16(26)14-8-13(24(27)28)5-6-15(14)19/h2-8H,9H2,1H3,(H,20,25)(H,21,22,23). The lowest BCUT2D eigenvalue weighted by Crippen LogP contribution is -2.05. The maximum atomic E-state index is 12.5. The number of aromatic amines is 1. The Morgan fingerprint density at radius 3 is 2.79 bits per heavy atom. The van der Waals surface area contributed by atoms with Gasteiger partial charge in [-0.1, -0.05) is 39.8 Å². The molecule has 0 aliphatic rings. The minimum atomic E-state index is -0.549. The first-order valence-corrected chi connectivity index (χ1v) is 10.0. The lowest BCUT2D eigenvalue weighted by atomic mass is 10.1. The van der Waals surface area contributed by atoms with Gasteiger partial charge in [0, 0.05) is 40.3 Å². The van der Waals surface area contributed by atoms with E-state index in [2.05, 4.69) is 36.4 Å². The molecule has 11 heteroatoms. The molecule has 0 atom stereocenters. The summed E-state index contributed by atoms with van der Waals surface area (Å²) >= 11 is 4.36. The van der Waals surface area contributed by atoms with Crippen LogP contribution in [-0.2, 0) is 4.79 Å². The number of halogens is 1. The molecule has 3 aromatic rings. The van der Waals surface area contributed by atoms with E-state index >= 15 is 0 Å². The lowest BCUT2D eigenvalue weighted by molar-refractivity contribution is -0.384. The van der Waals surface area contributed by atoms with Crippen LogP contribution in [-0.4, -0.2) is 37.5 Å². The van der Waals surface area contributed by atoms with Crippen molar-refractivity contribution in [3.63, 3.8) is 0 Å². The topological polar surface area (TPSA) is 131 Å². The van der Waals surface area contributed by atoms with Gasteiger partial charge in [-0.3, -0.25) is 24.8 Å². The lowest BCUT2D eigenvalue weighted by Gasteiger charge is -2.03. The molecule has 0 saturated heterocycles. The summed E-state index contributed by atoms with van der Waals surface area (Å²) in [7, 11) is 0. The first kappa shape index (κ1) is 20.7. The fraction of sp³-hybridized carbons (Fsp3) is 0.111. The summed E-state index contributed by atoms with van der Waals surface area (Å²) in [6.07, 6.45) is 0. The molecule has 1 amide bonds. The van der Waals surface area contributed by atoms with Crippen molar-refractivity contribution < 1.29 is 14.5 Å². The molecular weight excluding hydrogens is 462 g/mol. The highest BCUT2D eigenvalue weighted by molar-refractivity contribution is 9.10. The number of H-pyrrole nitrogens is 1. The summed E-state index contributed by atoms with van der Waals surface area (Å²) in [6, 6.07) is 11.1. The van der Waals surface area contributed by atoms with Crippen molar-refractivity contribution >= 4 is 50.8 Å². The summed E-state index contributed by atoms with van der Waals surface area (Å²) in [4.78, 5) is 38.4. The third-order valence-corrected chi connectivity index (χ3v) is 5.25. The fourth-order valence-corrected chi connectivity index (χ4v) is 3.59. The van der Waals surface area contributed by atoms with Gasteiger partial charge in [0.15, 0.2) is 11.6 Å². The Kier molecular flexibility index (Phi) is 6.39. The van der Waals surface area contributed by atoms with Crippen LogP contribution >= 0.6 is 27.7 Å². The third kappa shape index (κ3) is 5.27. The van der Waals surface area contributed by atoms with Gasteiger partial charge in [0.1, 0.15) is 0 Å². The summed E-state index contributed by atoms with van der Waals surface area (Å²) in [6.45, 7) is 1.42. The van der Waals surface area contributed by atoms with Crippen LogP contribution in [0.3, 0.4) is 0 Å². The number of nitrogens with one attached hydrogen (secondary N) is 2. The van der Waals surface area contributed by atoms with Crippen LogP contribution in [0.5, 0.6) is 0 Å². The minimum Gasteiger partial charge on any atom is -0.326 e. The predicted molar refractivity (Wildman–Crippen MR) is 112 cm³/mol. The highest BCUT2D eigenvalue weighted by Crippen LogP contribution is 2.26. The van der Waals surface area contributed by atoms with E-state index in [1.807, 2.05) is 6.07 Å². The van der Waals surface area contributed by atoms with Crippen molar-refractivity contribution in [1.82, 2.24) is 15.2 Å². The van der Waals surface area contributed by atoms with Gasteiger partial charge in [-0.15, -0.1) is 5.10 Å². The molecule has 3 rings (SSSR count). The van der Waals surface area contributed by atoms with Crippen molar-refractivity contribution in [2.24, 2.45) is 0 Å². The second-order valence-corrected chi connectivity index (χ2v) is 7.66. The molecule has 0 aliphatic carbocycles. The van der Waals surface area contributed by atoms with E-state index in [0.717, 1.165) is 17.3 Å². The van der Waals surface area contributed by atoms with Crippen molar-refractivity contribution in [3.8, 4) is 11.4 Å². The molecule has 1 heterocycles. The maximum Gasteiger partial charge on any atom is 0.270 e. The molecular formula is C18H14BrN5O4S. The average molecular weight is 476 g/mol. The summed E-state index contributed by atoms with van der Waals surface area (Å²) in [5.74, 6) is 0.0400. The van der Waals surface area contributed by atoms with Gasteiger partial charge >= 0.3 is 0 Å². The van der Waals surface area contributed by atoms with Crippen LogP contribution in [0.4, 0.5) is 11.4 Å². The zero-order valence-electron chi connectivity index (χ0n) is 15.0. The van der Waals surface area contributed by atoms with E-state index < -0.39 is 4.92 Å². The van der Waals surface area contributed by atoms with E-state index in [-0.39, 0.29) is 28.7 Å². The molecule has 2 N–H and O–H groups in total. The largest absolute Gasteiger partial charge is 0.326 e. The van der Waals surface area contributed by atoms with Crippen LogP contribution in [0.1, 0.15) is 17.3 Å². The van der Waals surface area contributed by atoms with Crippen LogP contribution in [0.15, 0.2) is 52.1 Å². The number of Topliss-reactive ketones (excluding diaryl/α,β-unsaturated/α-hetero) is 1. The summed E-state index contributed by atoms with van der Waals surface area (Å²) in [5, 5.41) is 20.9. The number of ketones is 1. The number of amides is 1. The van der Waals surface area contributed by atoms with Gasteiger partial charge in [0.25, 0.3) is 5.69 Å². The predicted octanol–water partition coefficient (Wildman–Crippen LogP) is 4.08. The van der Waals surface area contributed by atoms with Crippen molar-refractivity contribution in [3.05, 3.63) is 62.6 Å². The number of nitrogens with zero attached hydrogens (tertiary/aromatic N) is 3. The normalized spacial score (nSPS) is 10.6. The molecule has 0 aliphatic heterocycles. The highest BCUT2D eigenvalue weighted by Gasteiger charge is 2.17. The zero-order chi connectivity index (χ0) is 21.0. The number of aromatic nitrogens is 3. The Morgan fingerprint density at radius 2 is 2.07 bits per heavy atom. The van der Waals surface area contributed by atoms with E-state index in [9.17, 15) is 19.7 Å². The number of rotatable bonds is 7. The Labute approximate surface area is 177 Å². The second-order valence-electron chi connectivity index (χ2n) is 5.86. The fourth-order valence-electron chi connectivity index (χ4n) is 2.44. The minimum absolute atomic E-state index is 0.0169. The van der Waals surface area contributed by atoms with Crippen LogP contribution in [0.2, 0.25) is 0 Å². The smallest absolute Gasteiger partial charge is 0.270 e. The first-order chi connectivity index (χ1) is 13.8. The number of hydrogen-bond donors (Lipinski definition) is 2. The monoisotopic (exact) mass is 475 g/mol. The first-order valence-electron chi connectivity index (χ1n) is 8.24. The highest BCUT2D eigenvalue weighted by atomic mass is 79.9. The van der Waals surface area contributed by atoms with E-state index in [4.69, 9.17) is 0 Å². The van der Waals surface area contributed by atoms with Crippen LogP contribution < -0.4 is 5.32 Å². The van der Waals surface area contributed by atoms with Gasteiger partial charge in [-0.25, -0.2) is 4.98 Å². The van der Waals surface area contributed by atoms with Gasteiger partial charge < -0.3 is 5.32 Å². The van der Waals surface area contributed by atoms with Gasteiger partial charge in [-0.05, 0) is 18.2 Å². The maximum absolute atomic E-state index is 12.5. The Bertz CT molecular complexity index is 1100. The zero-order valence-corrected chi connectivity index (χ0v) is 17.4. The van der Waals surface area contributed by atoms with Gasteiger partial charge in [-0.2, -0.15) is 0 Å². The van der Waals surface area contributed by atoms with Gasteiger partial charge in [0.2, 0.25) is 11.1 Å². The number of hydrogen-bond acceptors (Lipinski definition) is 7. The van der Waals surface area contributed by atoms with Crippen molar-refractivity contribution in [2.45, 2.75) is 12.1 Å². The SMILES string of the molecule is CC(=O)Nc1cccc(-c2nc(SCC(=O)c3cc([N+](=O)[O-])ccc3Br)n[nH]2)c1. The second kappa shape index (κ2) is 8.97. The summed E-state index contributed by atoms with van der Waals surface area (Å²) in [5.41, 5.74) is 1.43. The number of benzene rings is 2. The summed E-state index contributed by atoms with van der Waals surface area (Å²) < 4.78 is 0.485. The molecule has 148 valence electrons. The van der Waals surface area contributed by atoms with Crippen molar-refractivity contribution in [2.75, 3.05) is 11.1 Å². The number of nitro benzene ring substituents is 1. The molecule has 1 aromatic heterocycles. The Morgan fingerprint density at radius 1 is 1.28 bits per heavy atom. The number of anilines is 1. The van der Waals surface area contributed by atoms with E-state index in [1.165, 1.54) is 25.1 Å². The molecule has 0 fully saturated rings. The molecule has 0 bridgehead atoms. The molecule has 0 unspecified atom stereocenters. The molecule has 0 saturated carbocycles. The molecule has 0 spiro atoms. The number of nitro groups is 1. The Balaban J connectivity index is 1.70. The number of thioether (sulfide) groups is 1. The van der Waals surface area contributed by atoms with E-state index in [1.54, 1.807) is 18.2 Å². The Hall–Kier alpha value is -3.05. The van der Waals surface area contributed by atoms with Crippen LogP contribution in [0, 0.1) is 10.1 Å². The quantitative estimate of drug-likeness (QED) is 0.227. The molecule has 9 nitrogen and oxygen atoms in total. The van der Waals surface area contributed by atoms with Gasteiger partial charge in [0.05, 0.1) is 10.7 Å². The van der Waals surface area contributed by atoms with E-state index in [0.29, 0.717) is 21.1 Å². The van der Waals surface area contributed by atoms with Crippen LogP contribution in [0.25, 0.3) is 11.4 Å². The van der Waals surface area contributed by atoms with Crippen molar-refractivity contribution in [1.29, 1.82) is 0 Å².